The highest BCUT2D eigenvalue weighted by Gasteiger charge is 2.31. The molecule has 0 radical (unpaired) electrons. The van der Waals surface area contributed by atoms with E-state index in [-0.39, 0.29) is 16.7 Å². The van der Waals surface area contributed by atoms with Crippen LogP contribution in [0.15, 0.2) is 24.8 Å². The minimum absolute atomic E-state index is 0.106. The van der Waals surface area contributed by atoms with Gasteiger partial charge in [0.25, 0.3) is 0 Å². The van der Waals surface area contributed by atoms with Gasteiger partial charge in [-0.1, -0.05) is 50.3 Å². The Labute approximate surface area is 169 Å². The summed E-state index contributed by atoms with van der Waals surface area (Å²) in [4.78, 5) is 0. The van der Waals surface area contributed by atoms with E-state index in [1.807, 2.05) is 0 Å². The Morgan fingerprint density at radius 3 is 1.90 bits per heavy atom. The molecule has 1 fully saturated rings. The zero-order valence-corrected chi connectivity index (χ0v) is 16.6. The molecule has 0 amide bonds. The summed E-state index contributed by atoms with van der Waals surface area (Å²) in [5.41, 5.74) is 1.47. The molecule has 0 atom stereocenters. The van der Waals surface area contributed by atoms with Crippen molar-refractivity contribution in [1.29, 1.82) is 0 Å². The molecule has 0 nitrogen and oxygen atoms in total. The minimum atomic E-state index is -1.08. The average molecular weight is 402 g/mol. The van der Waals surface area contributed by atoms with Gasteiger partial charge in [0.1, 0.15) is 0 Å². The summed E-state index contributed by atoms with van der Waals surface area (Å²) in [6.45, 7) is 3.61. The summed E-state index contributed by atoms with van der Waals surface area (Å²) < 4.78 is 59.0. The van der Waals surface area contributed by atoms with Crippen LogP contribution in [0.25, 0.3) is 11.1 Å². The Kier molecular flexibility index (Phi) is 5.80. The molecule has 0 saturated heterocycles. The maximum absolute atomic E-state index is 14.9. The smallest absolute Gasteiger partial charge is 0.167 e. The van der Waals surface area contributed by atoms with Crippen molar-refractivity contribution in [2.24, 2.45) is 5.92 Å². The summed E-state index contributed by atoms with van der Waals surface area (Å²) in [5.74, 6) is -3.44. The van der Waals surface area contributed by atoms with Crippen LogP contribution in [0, 0.1) is 29.2 Å². The van der Waals surface area contributed by atoms with E-state index in [0.29, 0.717) is 48.3 Å². The first-order valence-electron chi connectivity index (χ1n) is 10.6. The highest BCUT2D eigenvalue weighted by molar-refractivity contribution is 5.79. The second-order valence-electron chi connectivity index (χ2n) is 8.44. The van der Waals surface area contributed by atoms with Crippen molar-refractivity contribution in [3.8, 4) is 11.1 Å². The fourth-order valence-corrected chi connectivity index (χ4v) is 4.96. The van der Waals surface area contributed by atoms with Crippen LogP contribution in [0.2, 0.25) is 0 Å². The van der Waals surface area contributed by atoms with Crippen molar-refractivity contribution in [3.05, 3.63) is 70.3 Å². The Hall–Kier alpha value is -2.10. The van der Waals surface area contributed by atoms with Gasteiger partial charge in [0.05, 0.1) is 0 Å². The summed E-state index contributed by atoms with van der Waals surface area (Å²) in [6, 6.07) is 3.26. The summed E-state index contributed by atoms with van der Waals surface area (Å²) in [7, 11) is 0. The largest absolute Gasteiger partial charge is 0.203 e. The molecular formula is C25H26F4. The van der Waals surface area contributed by atoms with Crippen LogP contribution in [-0.4, -0.2) is 0 Å². The third-order valence-corrected chi connectivity index (χ3v) is 6.52. The Morgan fingerprint density at radius 1 is 0.793 bits per heavy atom. The zero-order chi connectivity index (χ0) is 20.5. The molecule has 2 aliphatic carbocycles. The molecule has 0 unspecified atom stereocenters. The van der Waals surface area contributed by atoms with Crippen molar-refractivity contribution in [3.63, 3.8) is 0 Å². The molecule has 0 heterocycles. The number of hydrogen-bond acceptors (Lipinski definition) is 0. The van der Waals surface area contributed by atoms with Gasteiger partial charge in [-0.05, 0) is 60.3 Å². The second-order valence-corrected chi connectivity index (χ2v) is 8.44. The zero-order valence-electron chi connectivity index (χ0n) is 16.6. The van der Waals surface area contributed by atoms with Crippen LogP contribution >= 0.6 is 0 Å². The van der Waals surface area contributed by atoms with E-state index < -0.39 is 23.3 Å². The van der Waals surface area contributed by atoms with E-state index in [1.54, 1.807) is 18.2 Å². The SMILES string of the molecule is C=CCCc1cc2c(c(F)c1F)-c1c(cc(CCC3CCCCC3)c(F)c1F)C2. The molecule has 0 bridgehead atoms. The number of fused-ring (bicyclic) bond motifs is 3. The standard InChI is InChI=1S/C25H26F4/c1-2-3-9-16-12-18-14-19-13-17(11-10-15-7-5-4-6-8-15)23(27)25(29)21(19)20(18)24(28)22(16)26/h2,12-13,15H,1,3-11,14H2. The van der Waals surface area contributed by atoms with E-state index >= 15 is 0 Å². The van der Waals surface area contributed by atoms with Gasteiger partial charge < -0.3 is 0 Å². The van der Waals surface area contributed by atoms with Gasteiger partial charge in [-0.2, -0.15) is 0 Å². The van der Waals surface area contributed by atoms with E-state index in [0.717, 1.165) is 19.3 Å². The summed E-state index contributed by atoms with van der Waals surface area (Å²) in [6.07, 6.45) is 10.1. The van der Waals surface area contributed by atoms with E-state index in [9.17, 15) is 17.6 Å². The monoisotopic (exact) mass is 402 g/mol. The lowest BCUT2D eigenvalue weighted by Crippen LogP contribution is -2.08. The highest BCUT2D eigenvalue weighted by Crippen LogP contribution is 2.43. The quantitative estimate of drug-likeness (QED) is 0.297. The molecule has 0 aromatic heterocycles. The minimum Gasteiger partial charge on any atom is -0.203 e. The number of halogens is 4. The van der Waals surface area contributed by atoms with Gasteiger partial charge in [0.2, 0.25) is 0 Å². The van der Waals surface area contributed by atoms with Crippen LogP contribution in [-0.2, 0) is 19.3 Å². The van der Waals surface area contributed by atoms with E-state index in [2.05, 4.69) is 6.58 Å². The maximum atomic E-state index is 14.9. The van der Waals surface area contributed by atoms with Crippen LogP contribution in [0.3, 0.4) is 0 Å². The van der Waals surface area contributed by atoms with Gasteiger partial charge in [-0.25, -0.2) is 17.6 Å². The molecule has 2 aromatic rings. The highest BCUT2D eigenvalue weighted by atomic mass is 19.2. The number of hydrogen-bond donors (Lipinski definition) is 0. The third kappa shape index (κ3) is 3.74. The van der Waals surface area contributed by atoms with Crippen molar-refractivity contribution >= 4 is 0 Å². The summed E-state index contributed by atoms with van der Waals surface area (Å²) >= 11 is 0. The van der Waals surface area contributed by atoms with Crippen molar-refractivity contribution in [1.82, 2.24) is 0 Å². The number of aryl methyl sites for hydroxylation is 2. The average Bonchev–Trinajstić information content (AvgIpc) is 3.10. The van der Waals surface area contributed by atoms with Crippen molar-refractivity contribution in [2.75, 3.05) is 0 Å². The molecular weight excluding hydrogens is 376 g/mol. The first kappa shape index (κ1) is 20.2. The van der Waals surface area contributed by atoms with Crippen molar-refractivity contribution in [2.45, 2.75) is 64.2 Å². The lowest BCUT2D eigenvalue weighted by atomic mass is 9.85. The lowest BCUT2D eigenvalue weighted by Gasteiger charge is -2.21. The lowest BCUT2D eigenvalue weighted by molar-refractivity contribution is 0.337. The molecule has 2 aromatic carbocycles. The predicted octanol–water partition coefficient (Wildman–Crippen LogP) is 7.45. The van der Waals surface area contributed by atoms with E-state index in [1.165, 1.54) is 19.3 Å². The summed E-state index contributed by atoms with van der Waals surface area (Å²) in [5, 5.41) is 0. The molecule has 0 aliphatic heterocycles. The van der Waals surface area contributed by atoms with Gasteiger partial charge in [0, 0.05) is 11.1 Å². The first-order chi connectivity index (χ1) is 14.0. The first-order valence-corrected chi connectivity index (χ1v) is 10.6. The molecule has 0 spiro atoms. The van der Waals surface area contributed by atoms with Crippen LogP contribution in [0.4, 0.5) is 17.6 Å². The normalized spacial score (nSPS) is 16.0. The van der Waals surface area contributed by atoms with Crippen molar-refractivity contribution < 1.29 is 17.6 Å². The molecule has 154 valence electrons. The molecule has 4 rings (SSSR count). The molecule has 4 heteroatoms. The predicted molar refractivity (Wildman–Crippen MR) is 108 cm³/mol. The topological polar surface area (TPSA) is 0 Å². The fourth-order valence-electron chi connectivity index (χ4n) is 4.96. The number of allylic oxidation sites excluding steroid dienone is 1. The van der Waals surface area contributed by atoms with E-state index in [4.69, 9.17) is 0 Å². The molecule has 0 N–H and O–H groups in total. The fraction of sp³-hybridized carbons (Fsp3) is 0.440. The third-order valence-electron chi connectivity index (χ3n) is 6.52. The maximum Gasteiger partial charge on any atom is 0.167 e. The number of benzene rings is 2. The van der Waals surface area contributed by atoms with Crippen LogP contribution < -0.4 is 0 Å². The van der Waals surface area contributed by atoms with Gasteiger partial charge in [-0.3, -0.25) is 0 Å². The molecule has 1 saturated carbocycles. The Bertz CT molecular complexity index is 939. The Balaban J connectivity index is 1.66. The van der Waals surface area contributed by atoms with Gasteiger partial charge in [0.15, 0.2) is 23.3 Å². The van der Waals surface area contributed by atoms with Gasteiger partial charge >= 0.3 is 0 Å². The molecule has 29 heavy (non-hydrogen) atoms. The van der Waals surface area contributed by atoms with Crippen LogP contribution in [0.5, 0.6) is 0 Å². The van der Waals surface area contributed by atoms with Crippen LogP contribution in [0.1, 0.15) is 67.2 Å². The molecule has 2 aliphatic rings. The Morgan fingerprint density at radius 2 is 1.34 bits per heavy atom. The van der Waals surface area contributed by atoms with Gasteiger partial charge in [-0.15, -0.1) is 6.58 Å². The number of rotatable bonds is 6. The second kappa shape index (κ2) is 8.33.